The van der Waals surface area contributed by atoms with Crippen LogP contribution in [-0.2, 0) is 6.18 Å². The quantitative estimate of drug-likeness (QED) is 0.908. The molecule has 1 heterocycles. The Balaban J connectivity index is 2.54. The third kappa shape index (κ3) is 2.82. The van der Waals surface area contributed by atoms with E-state index in [2.05, 4.69) is 4.98 Å². The van der Waals surface area contributed by atoms with Crippen molar-refractivity contribution in [1.82, 2.24) is 4.98 Å². The van der Waals surface area contributed by atoms with Crippen LogP contribution in [0.3, 0.4) is 0 Å². The third-order valence-electron chi connectivity index (χ3n) is 3.18. The molecule has 0 aliphatic heterocycles. The molecule has 0 saturated heterocycles. The van der Waals surface area contributed by atoms with Crippen LogP contribution in [-0.4, -0.2) is 10.1 Å². The van der Waals surface area contributed by atoms with Gasteiger partial charge in [-0.15, -0.1) is 0 Å². The molecule has 0 saturated carbocycles. The highest BCUT2D eigenvalue weighted by atomic mass is 19.4. The molecule has 1 N–H and O–H groups in total. The van der Waals surface area contributed by atoms with Crippen LogP contribution in [0.25, 0.3) is 0 Å². The number of pyridine rings is 1. The van der Waals surface area contributed by atoms with E-state index in [1.165, 1.54) is 0 Å². The molecule has 0 aliphatic rings. The molecule has 2 nitrogen and oxygen atoms in total. The first-order valence-corrected chi connectivity index (χ1v) is 6.07. The van der Waals surface area contributed by atoms with Crippen molar-refractivity contribution in [1.29, 1.82) is 0 Å². The monoisotopic (exact) mass is 281 g/mol. The zero-order valence-corrected chi connectivity index (χ0v) is 11.1. The number of aliphatic hydroxyl groups excluding tert-OH is 1. The van der Waals surface area contributed by atoms with Crippen molar-refractivity contribution in [2.45, 2.75) is 26.1 Å². The minimum Gasteiger partial charge on any atom is -0.384 e. The molecule has 0 aliphatic carbocycles. The lowest BCUT2D eigenvalue weighted by molar-refractivity contribution is -0.139. The van der Waals surface area contributed by atoms with E-state index in [1.54, 1.807) is 19.1 Å². The largest absolute Gasteiger partial charge is 0.416 e. The highest BCUT2D eigenvalue weighted by Gasteiger charge is 2.35. The smallest absolute Gasteiger partial charge is 0.384 e. The number of aryl methyl sites for hydroxylation is 2. The molecule has 1 unspecified atom stereocenters. The summed E-state index contributed by atoms with van der Waals surface area (Å²) in [5.74, 6) is 0. The van der Waals surface area contributed by atoms with Crippen LogP contribution in [0.4, 0.5) is 13.2 Å². The van der Waals surface area contributed by atoms with E-state index < -0.39 is 17.8 Å². The molecule has 0 bridgehead atoms. The predicted octanol–water partition coefficient (Wildman–Crippen LogP) is 3.80. The molecule has 0 radical (unpaired) electrons. The van der Waals surface area contributed by atoms with E-state index in [1.807, 2.05) is 13.0 Å². The Morgan fingerprint density at radius 2 is 1.80 bits per heavy atom. The summed E-state index contributed by atoms with van der Waals surface area (Å²) in [4.78, 5) is 3.70. The Kier molecular flexibility index (Phi) is 3.81. The van der Waals surface area contributed by atoms with E-state index in [4.69, 9.17) is 0 Å². The topological polar surface area (TPSA) is 33.1 Å². The maximum Gasteiger partial charge on any atom is 0.416 e. The van der Waals surface area contributed by atoms with Gasteiger partial charge in [-0.25, -0.2) is 0 Å². The van der Waals surface area contributed by atoms with Crippen LogP contribution in [0.15, 0.2) is 36.7 Å². The van der Waals surface area contributed by atoms with Gasteiger partial charge in [0.1, 0.15) is 6.10 Å². The second kappa shape index (κ2) is 5.25. The van der Waals surface area contributed by atoms with Gasteiger partial charge in [0, 0.05) is 18.0 Å². The summed E-state index contributed by atoms with van der Waals surface area (Å²) in [6.07, 6.45) is -3.73. The molecule has 0 fully saturated rings. The van der Waals surface area contributed by atoms with Gasteiger partial charge < -0.3 is 5.11 Å². The van der Waals surface area contributed by atoms with Gasteiger partial charge in [-0.05, 0) is 31.0 Å². The van der Waals surface area contributed by atoms with Crippen LogP contribution < -0.4 is 0 Å². The molecule has 2 rings (SSSR count). The van der Waals surface area contributed by atoms with Gasteiger partial charge in [0.05, 0.1) is 5.56 Å². The number of nitrogens with zero attached hydrogens (tertiary/aromatic N) is 1. The molecule has 1 aromatic heterocycles. The molecule has 0 amide bonds. The van der Waals surface area contributed by atoms with Crippen molar-refractivity contribution in [2.24, 2.45) is 0 Å². The molecule has 106 valence electrons. The summed E-state index contributed by atoms with van der Waals surface area (Å²) >= 11 is 0. The van der Waals surface area contributed by atoms with Gasteiger partial charge in [-0.1, -0.05) is 23.8 Å². The van der Waals surface area contributed by atoms with E-state index in [-0.39, 0.29) is 5.56 Å². The van der Waals surface area contributed by atoms with Crippen LogP contribution in [0.1, 0.15) is 33.9 Å². The fourth-order valence-electron chi connectivity index (χ4n) is 2.10. The van der Waals surface area contributed by atoms with Crippen LogP contribution in [0.2, 0.25) is 0 Å². The lowest BCUT2D eigenvalue weighted by Crippen LogP contribution is -2.13. The number of alkyl halides is 3. The Bertz CT molecular complexity index is 623. The summed E-state index contributed by atoms with van der Waals surface area (Å²) in [5.41, 5.74) is 0.986. The Hall–Kier alpha value is -1.88. The van der Waals surface area contributed by atoms with Crippen LogP contribution in [0, 0.1) is 13.8 Å². The van der Waals surface area contributed by atoms with Crippen molar-refractivity contribution >= 4 is 0 Å². The number of halogens is 3. The van der Waals surface area contributed by atoms with E-state index in [0.29, 0.717) is 5.56 Å². The fraction of sp³-hybridized carbons (Fsp3) is 0.267. The first kappa shape index (κ1) is 14.5. The lowest BCUT2D eigenvalue weighted by atomic mass is 9.94. The number of aliphatic hydroxyl groups is 1. The van der Waals surface area contributed by atoms with Gasteiger partial charge in [-0.3, -0.25) is 4.98 Å². The average Bonchev–Trinajstić information content (AvgIpc) is 2.40. The van der Waals surface area contributed by atoms with Crippen molar-refractivity contribution in [3.05, 3.63) is 64.5 Å². The standard InChI is InChI=1S/C15H14F3NO/c1-9-3-4-10(2)11(7-9)14(20)12-8-19-6-5-13(12)15(16,17)18/h3-8,14,20H,1-2H3. The molecule has 2 aromatic rings. The molecule has 0 spiro atoms. The zero-order chi connectivity index (χ0) is 14.9. The van der Waals surface area contributed by atoms with E-state index in [0.717, 1.165) is 29.6 Å². The summed E-state index contributed by atoms with van der Waals surface area (Å²) < 4.78 is 38.9. The van der Waals surface area contributed by atoms with Gasteiger partial charge in [0.2, 0.25) is 0 Å². The first-order chi connectivity index (χ1) is 9.30. The number of rotatable bonds is 2. The molecule has 1 atom stereocenters. The molecule has 1 aromatic carbocycles. The molecular weight excluding hydrogens is 267 g/mol. The number of benzene rings is 1. The summed E-state index contributed by atoms with van der Waals surface area (Å²) in [7, 11) is 0. The summed E-state index contributed by atoms with van der Waals surface area (Å²) in [6.45, 7) is 3.57. The predicted molar refractivity (Wildman–Crippen MR) is 69.2 cm³/mol. The summed E-state index contributed by atoms with van der Waals surface area (Å²) in [6, 6.07) is 6.19. The first-order valence-electron chi connectivity index (χ1n) is 6.07. The second-order valence-electron chi connectivity index (χ2n) is 4.72. The van der Waals surface area contributed by atoms with Crippen molar-refractivity contribution in [2.75, 3.05) is 0 Å². The Morgan fingerprint density at radius 3 is 2.45 bits per heavy atom. The van der Waals surface area contributed by atoms with Crippen molar-refractivity contribution in [3.8, 4) is 0 Å². The summed E-state index contributed by atoms with van der Waals surface area (Å²) in [5, 5.41) is 10.3. The average molecular weight is 281 g/mol. The molecule has 20 heavy (non-hydrogen) atoms. The van der Waals surface area contributed by atoms with Gasteiger partial charge in [0.15, 0.2) is 0 Å². The van der Waals surface area contributed by atoms with E-state index in [9.17, 15) is 18.3 Å². The zero-order valence-electron chi connectivity index (χ0n) is 11.1. The highest BCUT2D eigenvalue weighted by molar-refractivity contribution is 5.40. The van der Waals surface area contributed by atoms with Crippen molar-refractivity contribution < 1.29 is 18.3 Å². The number of hydrogen-bond donors (Lipinski definition) is 1. The molecule has 5 heteroatoms. The normalized spacial score (nSPS) is 13.3. The third-order valence-corrected chi connectivity index (χ3v) is 3.18. The van der Waals surface area contributed by atoms with E-state index >= 15 is 0 Å². The Morgan fingerprint density at radius 1 is 1.10 bits per heavy atom. The highest BCUT2D eigenvalue weighted by Crippen LogP contribution is 2.36. The maximum atomic E-state index is 13.0. The number of aromatic nitrogens is 1. The lowest BCUT2D eigenvalue weighted by Gasteiger charge is -2.19. The molecular formula is C15H14F3NO. The minimum atomic E-state index is -4.52. The van der Waals surface area contributed by atoms with Gasteiger partial charge in [-0.2, -0.15) is 13.2 Å². The Labute approximate surface area is 114 Å². The fourth-order valence-corrected chi connectivity index (χ4v) is 2.10. The minimum absolute atomic E-state index is 0.228. The van der Waals surface area contributed by atoms with Crippen molar-refractivity contribution in [3.63, 3.8) is 0 Å². The van der Waals surface area contributed by atoms with Gasteiger partial charge in [0.25, 0.3) is 0 Å². The van der Waals surface area contributed by atoms with Crippen LogP contribution >= 0.6 is 0 Å². The van der Waals surface area contributed by atoms with Gasteiger partial charge >= 0.3 is 6.18 Å². The number of hydrogen-bond acceptors (Lipinski definition) is 2. The SMILES string of the molecule is Cc1ccc(C)c(C(O)c2cnccc2C(F)(F)F)c1. The second-order valence-corrected chi connectivity index (χ2v) is 4.72. The van der Waals surface area contributed by atoms with Crippen LogP contribution in [0.5, 0.6) is 0 Å². The maximum absolute atomic E-state index is 13.0.